The maximum absolute atomic E-state index is 12.5. The molecule has 1 aliphatic carbocycles. The smallest absolute Gasteiger partial charge is 0.214 e. The van der Waals surface area contributed by atoms with Gasteiger partial charge in [0.25, 0.3) is 0 Å². The molecule has 70 valence electrons. The fourth-order valence-electron chi connectivity index (χ4n) is 0.993. The second kappa shape index (κ2) is 3.50. The standard InChI is InChI=1S/C9H9ClFNO/c10-7-3-9(11)12-4-8(7)13-5-6-1-2-6/h3-4,6H,1-2,5H2. The van der Waals surface area contributed by atoms with Gasteiger partial charge >= 0.3 is 0 Å². The number of nitrogens with zero attached hydrogens (tertiary/aromatic N) is 1. The van der Waals surface area contributed by atoms with Gasteiger partial charge in [-0.25, -0.2) is 4.98 Å². The Morgan fingerprint density at radius 2 is 2.38 bits per heavy atom. The Balaban J connectivity index is 2.01. The summed E-state index contributed by atoms with van der Waals surface area (Å²) < 4.78 is 17.9. The highest BCUT2D eigenvalue weighted by Crippen LogP contribution is 2.31. The molecular weight excluding hydrogens is 193 g/mol. The maximum Gasteiger partial charge on any atom is 0.214 e. The van der Waals surface area contributed by atoms with Gasteiger partial charge in [0.15, 0.2) is 5.75 Å². The molecule has 0 unspecified atom stereocenters. The molecule has 0 bridgehead atoms. The summed E-state index contributed by atoms with van der Waals surface area (Å²) in [6.45, 7) is 0.660. The molecule has 13 heavy (non-hydrogen) atoms. The summed E-state index contributed by atoms with van der Waals surface area (Å²) in [7, 11) is 0. The van der Waals surface area contributed by atoms with E-state index in [0.717, 1.165) is 6.07 Å². The summed E-state index contributed by atoms with van der Waals surface area (Å²) in [5, 5.41) is 0.285. The van der Waals surface area contributed by atoms with Crippen LogP contribution in [0, 0.1) is 11.9 Å². The molecule has 1 saturated carbocycles. The minimum Gasteiger partial charge on any atom is -0.490 e. The number of rotatable bonds is 3. The van der Waals surface area contributed by atoms with Crippen LogP contribution in [0.5, 0.6) is 5.75 Å². The van der Waals surface area contributed by atoms with Gasteiger partial charge in [-0.2, -0.15) is 4.39 Å². The minimum absolute atomic E-state index is 0.285. The predicted molar refractivity (Wildman–Crippen MR) is 47.4 cm³/mol. The molecule has 0 atom stereocenters. The van der Waals surface area contributed by atoms with Crippen LogP contribution >= 0.6 is 11.6 Å². The molecule has 0 N–H and O–H groups in total. The van der Waals surface area contributed by atoms with Crippen LogP contribution in [0.1, 0.15) is 12.8 Å². The summed E-state index contributed by atoms with van der Waals surface area (Å²) in [6.07, 6.45) is 3.75. The Morgan fingerprint density at radius 1 is 1.62 bits per heavy atom. The Morgan fingerprint density at radius 3 is 3.00 bits per heavy atom. The Kier molecular flexibility index (Phi) is 2.36. The predicted octanol–water partition coefficient (Wildman–Crippen LogP) is 2.66. The first-order valence-electron chi connectivity index (χ1n) is 4.19. The summed E-state index contributed by atoms with van der Waals surface area (Å²) in [5.41, 5.74) is 0. The van der Waals surface area contributed by atoms with E-state index in [1.54, 1.807) is 0 Å². The highest BCUT2D eigenvalue weighted by molar-refractivity contribution is 6.31. The zero-order chi connectivity index (χ0) is 9.26. The van der Waals surface area contributed by atoms with E-state index in [2.05, 4.69) is 4.98 Å². The largest absolute Gasteiger partial charge is 0.490 e. The van der Waals surface area contributed by atoms with Crippen LogP contribution in [0.25, 0.3) is 0 Å². The van der Waals surface area contributed by atoms with Crippen molar-refractivity contribution in [2.24, 2.45) is 5.92 Å². The highest BCUT2D eigenvalue weighted by Gasteiger charge is 2.22. The van der Waals surface area contributed by atoms with Crippen LogP contribution in [-0.2, 0) is 0 Å². The molecule has 0 saturated heterocycles. The van der Waals surface area contributed by atoms with E-state index in [9.17, 15) is 4.39 Å². The normalized spacial score (nSPS) is 15.8. The lowest BCUT2D eigenvalue weighted by Gasteiger charge is -2.05. The van der Waals surface area contributed by atoms with Gasteiger partial charge in [0.05, 0.1) is 17.8 Å². The Bertz CT molecular complexity index is 314. The summed E-state index contributed by atoms with van der Waals surface area (Å²) in [6, 6.07) is 1.16. The van der Waals surface area contributed by atoms with Gasteiger partial charge < -0.3 is 4.74 Å². The number of hydrogen-bond acceptors (Lipinski definition) is 2. The monoisotopic (exact) mass is 201 g/mol. The lowest BCUT2D eigenvalue weighted by atomic mass is 10.4. The van der Waals surface area contributed by atoms with Crippen molar-refractivity contribution in [3.8, 4) is 5.75 Å². The van der Waals surface area contributed by atoms with E-state index >= 15 is 0 Å². The van der Waals surface area contributed by atoms with Gasteiger partial charge in [-0.15, -0.1) is 0 Å². The number of halogens is 2. The van der Waals surface area contributed by atoms with Crippen LogP contribution < -0.4 is 4.74 Å². The average molecular weight is 202 g/mol. The lowest BCUT2D eigenvalue weighted by molar-refractivity contribution is 0.298. The first-order valence-corrected chi connectivity index (χ1v) is 4.57. The van der Waals surface area contributed by atoms with E-state index in [1.165, 1.54) is 19.0 Å². The third-order valence-corrected chi connectivity index (χ3v) is 2.25. The van der Waals surface area contributed by atoms with Gasteiger partial charge in [-0.3, -0.25) is 0 Å². The van der Waals surface area contributed by atoms with E-state index in [-0.39, 0.29) is 5.02 Å². The molecule has 0 spiro atoms. The molecule has 1 aromatic heterocycles. The average Bonchev–Trinajstić information content (AvgIpc) is 2.86. The van der Waals surface area contributed by atoms with E-state index < -0.39 is 5.95 Å². The van der Waals surface area contributed by atoms with Crippen molar-refractivity contribution in [3.63, 3.8) is 0 Å². The molecule has 4 heteroatoms. The second-order valence-corrected chi connectivity index (χ2v) is 3.60. The summed E-state index contributed by atoms with van der Waals surface area (Å²) in [4.78, 5) is 3.46. The number of ether oxygens (including phenoxy) is 1. The molecule has 2 rings (SSSR count). The van der Waals surface area contributed by atoms with E-state index in [0.29, 0.717) is 18.3 Å². The fraction of sp³-hybridized carbons (Fsp3) is 0.444. The maximum atomic E-state index is 12.5. The molecule has 0 amide bonds. The molecule has 1 fully saturated rings. The van der Waals surface area contributed by atoms with Crippen molar-refractivity contribution < 1.29 is 9.13 Å². The van der Waals surface area contributed by atoms with Crippen molar-refractivity contribution in [3.05, 3.63) is 23.2 Å². The highest BCUT2D eigenvalue weighted by atomic mass is 35.5. The van der Waals surface area contributed by atoms with E-state index in [1.807, 2.05) is 0 Å². The fourth-order valence-corrected chi connectivity index (χ4v) is 1.19. The molecule has 1 aromatic rings. The third kappa shape index (κ3) is 2.31. The van der Waals surface area contributed by atoms with Crippen LogP contribution in [0.15, 0.2) is 12.3 Å². The molecule has 2 nitrogen and oxygen atoms in total. The van der Waals surface area contributed by atoms with Gasteiger partial charge in [-0.05, 0) is 18.8 Å². The molecule has 0 aliphatic heterocycles. The van der Waals surface area contributed by atoms with Crippen molar-refractivity contribution in [2.75, 3.05) is 6.61 Å². The van der Waals surface area contributed by atoms with Crippen molar-refractivity contribution in [2.45, 2.75) is 12.8 Å². The van der Waals surface area contributed by atoms with Gasteiger partial charge in [-0.1, -0.05) is 11.6 Å². The molecular formula is C9H9ClFNO. The van der Waals surface area contributed by atoms with Crippen molar-refractivity contribution in [1.82, 2.24) is 4.98 Å². The first-order chi connectivity index (χ1) is 6.25. The van der Waals surface area contributed by atoms with Gasteiger partial charge in [0.2, 0.25) is 5.95 Å². The van der Waals surface area contributed by atoms with Crippen LogP contribution in [0.3, 0.4) is 0 Å². The number of aromatic nitrogens is 1. The summed E-state index contributed by atoms with van der Waals surface area (Å²) >= 11 is 5.73. The Hall–Kier alpha value is -0.830. The molecule has 1 heterocycles. The Labute approximate surface area is 80.7 Å². The van der Waals surface area contributed by atoms with Crippen LogP contribution in [0.4, 0.5) is 4.39 Å². The topological polar surface area (TPSA) is 22.1 Å². The van der Waals surface area contributed by atoms with Crippen molar-refractivity contribution in [1.29, 1.82) is 0 Å². The quantitative estimate of drug-likeness (QED) is 0.702. The third-order valence-electron chi connectivity index (χ3n) is 1.96. The SMILES string of the molecule is Fc1cc(Cl)c(OCC2CC2)cn1. The summed E-state index contributed by atoms with van der Waals surface area (Å²) in [5.74, 6) is 0.542. The number of hydrogen-bond donors (Lipinski definition) is 0. The van der Waals surface area contributed by atoms with Gasteiger partial charge in [0, 0.05) is 6.07 Å². The first kappa shape index (κ1) is 8.75. The molecule has 0 radical (unpaired) electrons. The lowest BCUT2D eigenvalue weighted by Crippen LogP contribution is -2.00. The second-order valence-electron chi connectivity index (χ2n) is 3.19. The molecule has 1 aliphatic rings. The zero-order valence-electron chi connectivity index (χ0n) is 6.96. The van der Waals surface area contributed by atoms with Crippen molar-refractivity contribution >= 4 is 11.6 Å². The van der Waals surface area contributed by atoms with E-state index in [4.69, 9.17) is 16.3 Å². The molecule has 0 aromatic carbocycles. The zero-order valence-corrected chi connectivity index (χ0v) is 7.72. The van der Waals surface area contributed by atoms with Crippen LogP contribution in [0.2, 0.25) is 5.02 Å². The van der Waals surface area contributed by atoms with Crippen LogP contribution in [-0.4, -0.2) is 11.6 Å². The van der Waals surface area contributed by atoms with Gasteiger partial charge in [0.1, 0.15) is 0 Å². The number of pyridine rings is 1. The minimum atomic E-state index is -0.580.